The normalized spacial score (nSPS) is 11.9. The number of aromatic nitrogens is 1. The molecular weight excluding hydrogens is 257 g/mol. The van der Waals surface area contributed by atoms with Crippen LogP contribution in [0.15, 0.2) is 6.20 Å². The van der Waals surface area contributed by atoms with Crippen LogP contribution in [-0.2, 0) is 0 Å². The highest BCUT2D eigenvalue weighted by Crippen LogP contribution is 2.28. The van der Waals surface area contributed by atoms with Crippen molar-refractivity contribution >= 4 is 22.4 Å². The molecule has 0 saturated carbocycles. The van der Waals surface area contributed by atoms with Crippen molar-refractivity contribution in [2.45, 2.75) is 26.1 Å². The fourth-order valence-corrected chi connectivity index (χ4v) is 2.05. The molecule has 96 valence electrons. The summed E-state index contributed by atoms with van der Waals surface area (Å²) in [5.74, 6) is -1.19. The molecule has 0 unspecified atom stereocenters. The predicted octanol–water partition coefficient (Wildman–Crippen LogP) is 2.62. The first kappa shape index (κ1) is 13.8. The summed E-state index contributed by atoms with van der Waals surface area (Å²) in [6, 6.07) is -0.413. The van der Waals surface area contributed by atoms with Crippen LogP contribution in [0.4, 0.5) is 18.3 Å². The smallest absolute Gasteiger partial charge is 0.406 e. The van der Waals surface area contributed by atoms with Gasteiger partial charge in [-0.25, -0.2) is 9.78 Å². The lowest BCUT2D eigenvalue weighted by Gasteiger charge is -2.26. The molecule has 4 nitrogen and oxygen atoms in total. The number of thiazole rings is 1. The number of carbonyl (C=O) groups is 1. The molecule has 0 spiro atoms. The van der Waals surface area contributed by atoms with Gasteiger partial charge < -0.3 is 10.0 Å². The maximum atomic E-state index is 12.3. The van der Waals surface area contributed by atoms with Gasteiger partial charge in [0, 0.05) is 6.04 Å². The van der Waals surface area contributed by atoms with Gasteiger partial charge in [-0.15, -0.1) is 0 Å². The Morgan fingerprint density at radius 1 is 1.59 bits per heavy atom. The van der Waals surface area contributed by atoms with Gasteiger partial charge in [0.2, 0.25) is 0 Å². The third-order valence-electron chi connectivity index (χ3n) is 1.92. The van der Waals surface area contributed by atoms with Crippen LogP contribution in [0, 0.1) is 0 Å². The first-order valence-electron chi connectivity index (χ1n) is 4.73. The van der Waals surface area contributed by atoms with Crippen LogP contribution in [0.5, 0.6) is 0 Å². The number of hydrogen-bond acceptors (Lipinski definition) is 4. The second-order valence-electron chi connectivity index (χ2n) is 3.65. The van der Waals surface area contributed by atoms with Gasteiger partial charge in [-0.1, -0.05) is 11.3 Å². The van der Waals surface area contributed by atoms with E-state index in [1.54, 1.807) is 13.8 Å². The largest absolute Gasteiger partial charge is 0.477 e. The topological polar surface area (TPSA) is 53.4 Å². The first-order valence-corrected chi connectivity index (χ1v) is 5.55. The molecule has 0 fully saturated rings. The van der Waals surface area contributed by atoms with Gasteiger partial charge >= 0.3 is 12.1 Å². The van der Waals surface area contributed by atoms with E-state index in [1.165, 1.54) is 0 Å². The number of rotatable bonds is 4. The number of halogens is 3. The summed E-state index contributed by atoms with van der Waals surface area (Å²) in [4.78, 5) is 15.3. The molecule has 0 aromatic carbocycles. The van der Waals surface area contributed by atoms with Gasteiger partial charge in [-0.05, 0) is 13.8 Å². The Balaban J connectivity index is 2.94. The number of hydrogen-bond donors (Lipinski definition) is 1. The third-order valence-corrected chi connectivity index (χ3v) is 2.95. The van der Waals surface area contributed by atoms with E-state index in [0.717, 1.165) is 22.4 Å². The number of anilines is 1. The fourth-order valence-electron chi connectivity index (χ4n) is 1.16. The first-order chi connectivity index (χ1) is 7.70. The maximum absolute atomic E-state index is 12.3. The molecule has 17 heavy (non-hydrogen) atoms. The highest BCUT2D eigenvalue weighted by atomic mass is 32.1. The number of alkyl halides is 3. The van der Waals surface area contributed by atoms with Crippen LogP contribution < -0.4 is 4.90 Å². The Morgan fingerprint density at radius 3 is 2.53 bits per heavy atom. The van der Waals surface area contributed by atoms with Crippen LogP contribution in [-0.4, -0.2) is 34.8 Å². The zero-order chi connectivity index (χ0) is 13.2. The third kappa shape index (κ3) is 3.88. The lowest BCUT2D eigenvalue weighted by Crippen LogP contribution is -2.39. The molecule has 0 bridgehead atoms. The molecule has 0 atom stereocenters. The van der Waals surface area contributed by atoms with Crippen molar-refractivity contribution in [3.05, 3.63) is 11.1 Å². The molecule has 0 aliphatic carbocycles. The van der Waals surface area contributed by atoms with Crippen molar-refractivity contribution < 1.29 is 23.1 Å². The second-order valence-corrected chi connectivity index (χ2v) is 4.66. The molecule has 1 aromatic heterocycles. The molecule has 0 saturated heterocycles. The molecule has 1 aromatic rings. The maximum Gasteiger partial charge on any atom is 0.406 e. The van der Waals surface area contributed by atoms with Crippen LogP contribution >= 0.6 is 11.3 Å². The van der Waals surface area contributed by atoms with Crippen molar-refractivity contribution in [2.75, 3.05) is 11.4 Å². The minimum absolute atomic E-state index is 0.0646. The summed E-state index contributed by atoms with van der Waals surface area (Å²) in [6.07, 6.45) is -3.28. The van der Waals surface area contributed by atoms with Crippen molar-refractivity contribution in [1.29, 1.82) is 0 Å². The van der Waals surface area contributed by atoms with Gasteiger partial charge in [0.05, 0.1) is 6.20 Å². The minimum atomic E-state index is -4.35. The van der Waals surface area contributed by atoms with Crippen LogP contribution in [0.25, 0.3) is 0 Å². The van der Waals surface area contributed by atoms with Gasteiger partial charge in [0.15, 0.2) is 5.13 Å². The number of aromatic carboxylic acids is 1. The summed E-state index contributed by atoms with van der Waals surface area (Å²) in [5, 5.41) is 8.75. The van der Waals surface area contributed by atoms with Crippen molar-refractivity contribution in [1.82, 2.24) is 4.98 Å². The SMILES string of the molecule is CC(C)N(CC(F)(F)F)c1ncc(C(=O)O)s1. The van der Waals surface area contributed by atoms with E-state index in [0.29, 0.717) is 0 Å². The summed E-state index contributed by atoms with van der Waals surface area (Å²) < 4.78 is 37.0. The average Bonchev–Trinajstić information content (AvgIpc) is 2.60. The van der Waals surface area contributed by atoms with Crippen LogP contribution in [0.1, 0.15) is 23.5 Å². The molecule has 8 heteroatoms. The monoisotopic (exact) mass is 268 g/mol. The second kappa shape index (κ2) is 4.91. The van der Waals surface area contributed by atoms with E-state index in [9.17, 15) is 18.0 Å². The Morgan fingerprint density at radius 2 is 2.18 bits per heavy atom. The zero-order valence-corrected chi connectivity index (χ0v) is 9.97. The quantitative estimate of drug-likeness (QED) is 0.912. The molecular formula is C9H11F3N2O2S. The lowest BCUT2D eigenvalue weighted by atomic mass is 10.3. The molecule has 0 amide bonds. The standard InChI is InChI=1S/C9H11F3N2O2S/c1-5(2)14(4-9(10,11)12)8-13-3-6(17-8)7(15)16/h3,5H,4H2,1-2H3,(H,15,16). The summed E-state index contributed by atoms with van der Waals surface area (Å²) in [5.41, 5.74) is 0. The van der Waals surface area contributed by atoms with E-state index in [-0.39, 0.29) is 10.0 Å². The average molecular weight is 268 g/mol. The van der Waals surface area contributed by atoms with Gasteiger partial charge in [0.1, 0.15) is 11.4 Å². The number of carboxylic acids is 1. The molecule has 1 heterocycles. The summed E-state index contributed by atoms with van der Waals surface area (Å²) in [6.45, 7) is 2.04. The Labute approximate surface area is 99.7 Å². The highest BCUT2D eigenvalue weighted by molar-refractivity contribution is 7.17. The van der Waals surface area contributed by atoms with E-state index in [1.807, 2.05) is 0 Å². The summed E-state index contributed by atoms with van der Waals surface area (Å²) in [7, 11) is 0. The van der Waals surface area contributed by atoms with Gasteiger partial charge in [-0.2, -0.15) is 13.2 Å². The van der Waals surface area contributed by atoms with Crippen LogP contribution in [0.2, 0.25) is 0 Å². The molecule has 0 aliphatic heterocycles. The molecule has 0 aliphatic rings. The Hall–Kier alpha value is -1.31. The molecule has 1 N–H and O–H groups in total. The fraction of sp³-hybridized carbons (Fsp3) is 0.556. The lowest BCUT2D eigenvalue weighted by molar-refractivity contribution is -0.120. The van der Waals surface area contributed by atoms with E-state index < -0.39 is 24.7 Å². The highest BCUT2D eigenvalue weighted by Gasteiger charge is 2.33. The van der Waals surface area contributed by atoms with Gasteiger partial charge in [-0.3, -0.25) is 0 Å². The van der Waals surface area contributed by atoms with E-state index in [2.05, 4.69) is 4.98 Å². The predicted molar refractivity (Wildman–Crippen MR) is 57.6 cm³/mol. The van der Waals surface area contributed by atoms with Crippen molar-refractivity contribution in [3.63, 3.8) is 0 Å². The summed E-state index contributed by atoms with van der Waals surface area (Å²) >= 11 is 0.733. The molecule has 0 radical (unpaired) electrons. The number of nitrogens with zero attached hydrogens (tertiary/aromatic N) is 2. The van der Waals surface area contributed by atoms with E-state index >= 15 is 0 Å². The van der Waals surface area contributed by atoms with E-state index in [4.69, 9.17) is 5.11 Å². The minimum Gasteiger partial charge on any atom is -0.477 e. The Bertz CT molecular complexity index is 403. The van der Waals surface area contributed by atoms with Gasteiger partial charge in [0.25, 0.3) is 0 Å². The molecule has 1 rings (SSSR count). The Kier molecular flexibility index (Phi) is 3.97. The van der Waals surface area contributed by atoms with Crippen molar-refractivity contribution in [2.24, 2.45) is 0 Å². The van der Waals surface area contributed by atoms with Crippen LogP contribution in [0.3, 0.4) is 0 Å². The van der Waals surface area contributed by atoms with Crippen molar-refractivity contribution in [3.8, 4) is 0 Å². The zero-order valence-electron chi connectivity index (χ0n) is 9.15. The number of carboxylic acid groups (broad SMARTS) is 1.